The largest absolute Gasteiger partial charge is 0.392 e. The molecular formula is C19H24N4O4. The van der Waals surface area contributed by atoms with Crippen LogP contribution in [0.1, 0.15) is 6.42 Å². The van der Waals surface area contributed by atoms with E-state index in [1.54, 1.807) is 0 Å². The van der Waals surface area contributed by atoms with Gasteiger partial charge < -0.3 is 29.9 Å². The first-order chi connectivity index (χ1) is 13.1. The molecule has 0 bridgehead atoms. The first-order valence-electron chi connectivity index (χ1n) is 9.27. The predicted octanol–water partition coefficient (Wildman–Crippen LogP) is 0.161. The summed E-state index contributed by atoms with van der Waals surface area (Å²) in [6.45, 7) is 3.19. The Bertz CT molecular complexity index is 843. The number of aliphatic hydroxyl groups is 1. The van der Waals surface area contributed by atoms with Crippen molar-refractivity contribution < 1.29 is 19.4 Å². The first-order valence-corrected chi connectivity index (χ1v) is 9.27. The van der Waals surface area contributed by atoms with Gasteiger partial charge in [-0.1, -0.05) is 0 Å². The van der Waals surface area contributed by atoms with E-state index >= 15 is 0 Å². The van der Waals surface area contributed by atoms with E-state index in [1.807, 2.05) is 39.9 Å². The summed E-state index contributed by atoms with van der Waals surface area (Å²) in [4.78, 5) is 26.6. The molecule has 2 amide bonds. The number of aromatic nitrogens is 1. The van der Waals surface area contributed by atoms with Gasteiger partial charge in [-0.25, -0.2) is 0 Å². The van der Waals surface area contributed by atoms with Gasteiger partial charge in [0.1, 0.15) is 6.54 Å². The number of hydrogen-bond acceptors (Lipinski definition) is 5. The number of hydrogen-bond donors (Lipinski definition) is 3. The van der Waals surface area contributed by atoms with Crippen molar-refractivity contribution in [2.45, 2.75) is 25.1 Å². The molecule has 2 unspecified atom stereocenters. The maximum absolute atomic E-state index is 12.5. The van der Waals surface area contributed by atoms with Gasteiger partial charge in [0, 0.05) is 42.4 Å². The van der Waals surface area contributed by atoms with Gasteiger partial charge in [-0.2, -0.15) is 0 Å². The number of nitrogens with zero attached hydrogens (tertiary/aromatic N) is 2. The van der Waals surface area contributed by atoms with Crippen LogP contribution in [-0.2, 0) is 20.9 Å². The van der Waals surface area contributed by atoms with Crippen LogP contribution in [0.2, 0.25) is 0 Å². The molecule has 27 heavy (non-hydrogen) atoms. The lowest BCUT2D eigenvalue weighted by Gasteiger charge is -2.27. The highest BCUT2D eigenvalue weighted by atomic mass is 16.5. The maximum Gasteiger partial charge on any atom is 0.242 e. The number of morpholine rings is 1. The van der Waals surface area contributed by atoms with E-state index in [9.17, 15) is 14.7 Å². The van der Waals surface area contributed by atoms with Crippen LogP contribution < -0.4 is 10.6 Å². The van der Waals surface area contributed by atoms with E-state index in [-0.39, 0.29) is 17.9 Å². The fraction of sp³-hybridized carbons (Fsp3) is 0.474. The van der Waals surface area contributed by atoms with Crippen molar-refractivity contribution in [3.05, 3.63) is 30.5 Å². The van der Waals surface area contributed by atoms with Crippen LogP contribution in [0.5, 0.6) is 0 Å². The smallest absolute Gasteiger partial charge is 0.242 e. The minimum Gasteiger partial charge on any atom is -0.392 e. The molecule has 2 saturated heterocycles. The zero-order valence-corrected chi connectivity index (χ0v) is 15.1. The van der Waals surface area contributed by atoms with Gasteiger partial charge in [0.2, 0.25) is 11.8 Å². The van der Waals surface area contributed by atoms with Crippen molar-refractivity contribution in [2.75, 3.05) is 38.2 Å². The van der Waals surface area contributed by atoms with Crippen LogP contribution in [0.25, 0.3) is 10.9 Å². The summed E-state index contributed by atoms with van der Waals surface area (Å²) in [5, 5.41) is 16.4. The summed E-state index contributed by atoms with van der Waals surface area (Å²) in [6, 6.07) is 7.21. The summed E-state index contributed by atoms with van der Waals surface area (Å²) >= 11 is 0. The van der Waals surface area contributed by atoms with Crippen molar-refractivity contribution in [3.63, 3.8) is 0 Å². The molecule has 0 spiro atoms. The molecule has 2 atom stereocenters. The lowest BCUT2D eigenvalue weighted by molar-refractivity contribution is -0.135. The number of β-amino-alcohol motifs (C(OH)–C–C–N with tert-alkyl or cyclic N) is 1. The van der Waals surface area contributed by atoms with Crippen molar-refractivity contribution in [3.8, 4) is 0 Å². The first kappa shape index (κ1) is 18.0. The van der Waals surface area contributed by atoms with E-state index in [1.165, 1.54) is 0 Å². The number of amides is 2. The fourth-order valence-corrected chi connectivity index (χ4v) is 3.62. The second kappa shape index (κ2) is 7.67. The van der Waals surface area contributed by atoms with Gasteiger partial charge in [-0.15, -0.1) is 0 Å². The highest BCUT2D eigenvalue weighted by Crippen LogP contribution is 2.21. The summed E-state index contributed by atoms with van der Waals surface area (Å²) < 4.78 is 7.21. The van der Waals surface area contributed by atoms with Gasteiger partial charge >= 0.3 is 0 Å². The Morgan fingerprint density at radius 2 is 2.07 bits per heavy atom. The number of carbonyl (C=O) groups is 2. The van der Waals surface area contributed by atoms with E-state index in [4.69, 9.17) is 4.74 Å². The number of fused-ring (bicyclic) bond motifs is 1. The number of anilines is 1. The molecule has 2 fully saturated rings. The van der Waals surface area contributed by atoms with Crippen LogP contribution in [0.3, 0.4) is 0 Å². The highest BCUT2D eigenvalue weighted by Gasteiger charge is 2.28. The lowest BCUT2D eigenvalue weighted by Crippen LogP contribution is -2.42. The van der Waals surface area contributed by atoms with Crippen molar-refractivity contribution in [2.24, 2.45) is 0 Å². The molecule has 3 heterocycles. The monoisotopic (exact) mass is 372 g/mol. The highest BCUT2D eigenvalue weighted by molar-refractivity contribution is 5.97. The van der Waals surface area contributed by atoms with Crippen molar-refractivity contribution >= 4 is 28.4 Å². The molecule has 3 N–H and O–H groups in total. The van der Waals surface area contributed by atoms with Crippen LogP contribution in [0.15, 0.2) is 30.5 Å². The SMILES string of the molecule is O=C(Nc1ccc2c(ccn2CC(=O)N2CCOCC2)c1)C1CC(O)CN1. The van der Waals surface area contributed by atoms with Crippen LogP contribution in [0, 0.1) is 0 Å². The molecule has 2 aromatic rings. The number of carbonyl (C=O) groups excluding carboxylic acids is 2. The standard InChI is InChI=1S/C19H24N4O4/c24-15-10-16(20-11-15)19(26)21-14-1-2-17-13(9-14)3-4-23(17)12-18(25)22-5-7-27-8-6-22/h1-4,9,15-16,20,24H,5-8,10-12H2,(H,21,26). The third kappa shape index (κ3) is 3.97. The van der Waals surface area contributed by atoms with E-state index < -0.39 is 6.10 Å². The second-order valence-electron chi connectivity index (χ2n) is 7.05. The normalized spacial score (nSPS) is 22.9. The Balaban J connectivity index is 1.43. The van der Waals surface area contributed by atoms with Gasteiger partial charge in [0.25, 0.3) is 0 Å². The Morgan fingerprint density at radius 1 is 1.26 bits per heavy atom. The predicted molar refractivity (Wildman–Crippen MR) is 100 cm³/mol. The maximum atomic E-state index is 12.5. The molecule has 8 nitrogen and oxygen atoms in total. The molecule has 1 aromatic heterocycles. The number of nitrogens with one attached hydrogen (secondary N) is 2. The summed E-state index contributed by atoms with van der Waals surface area (Å²) in [6.07, 6.45) is 1.85. The topological polar surface area (TPSA) is 95.8 Å². The molecule has 144 valence electrons. The molecular weight excluding hydrogens is 348 g/mol. The van der Waals surface area contributed by atoms with E-state index in [2.05, 4.69) is 10.6 Å². The molecule has 2 aliphatic heterocycles. The number of rotatable bonds is 4. The average molecular weight is 372 g/mol. The molecule has 2 aliphatic rings. The number of ether oxygens (including phenoxy) is 1. The van der Waals surface area contributed by atoms with Gasteiger partial charge in [-0.3, -0.25) is 9.59 Å². The molecule has 0 saturated carbocycles. The summed E-state index contributed by atoms with van der Waals surface area (Å²) in [5.41, 5.74) is 1.65. The summed E-state index contributed by atoms with van der Waals surface area (Å²) in [5.74, 6) is -0.0631. The quantitative estimate of drug-likeness (QED) is 0.711. The van der Waals surface area contributed by atoms with E-state index in [0.29, 0.717) is 51.5 Å². The minimum atomic E-state index is -0.471. The van der Waals surface area contributed by atoms with Crippen LogP contribution in [0.4, 0.5) is 5.69 Å². The van der Waals surface area contributed by atoms with Crippen molar-refractivity contribution in [1.29, 1.82) is 0 Å². The van der Waals surface area contributed by atoms with Gasteiger partial charge in [0.15, 0.2) is 0 Å². The van der Waals surface area contributed by atoms with Gasteiger partial charge in [0.05, 0.1) is 25.4 Å². The van der Waals surface area contributed by atoms with Crippen LogP contribution in [-0.4, -0.2) is 71.4 Å². The Labute approximate surface area is 157 Å². The van der Waals surface area contributed by atoms with Gasteiger partial charge in [-0.05, 0) is 30.7 Å². The molecule has 0 aliphatic carbocycles. The Morgan fingerprint density at radius 3 is 2.81 bits per heavy atom. The summed E-state index contributed by atoms with van der Waals surface area (Å²) in [7, 11) is 0. The lowest BCUT2D eigenvalue weighted by atomic mass is 10.2. The third-order valence-electron chi connectivity index (χ3n) is 5.13. The van der Waals surface area contributed by atoms with Crippen LogP contribution >= 0.6 is 0 Å². The average Bonchev–Trinajstić information content (AvgIpc) is 3.29. The molecule has 8 heteroatoms. The zero-order chi connectivity index (χ0) is 18.8. The number of aliphatic hydroxyl groups excluding tert-OH is 1. The molecule has 4 rings (SSSR count). The fourth-order valence-electron chi connectivity index (χ4n) is 3.62. The minimum absolute atomic E-state index is 0.0824. The Hall–Kier alpha value is -2.42. The third-order valence-corrected chi connectivity index (χ3v) is 5.13. The number of benzene rings is 1. The van der Waals surface area contributed by atoms with E-state index in [0.717, 1.165) is 10.9 Å². The second-order valence-corrected chi connectivity index (χ2v) is 7.05. The zero-order valence-electron chi connectivity index (χ0n) is 15.1. The molecule has 0 radical (unpaired) electrons. The Kier molecular flexibility index (Phi) is 5.11. The van der Waals surface area contributed by atoms with Crippen molar-refractivity contribution in [1.82, 2.24) is 14.8 Å². The molecule has 1 aromatic carbocycles.